The summed E-state index contributed by atoms with van der Waals surface area (Å²) in [5, 5.41) is 1.24. The maximum atomic E-state index is 12.4. The zero-order chi connectivity index (χ0) is 15.4. The number of nitrogens with two attached hydrogens (primary N) is 1. The molecule has 1 heterocycles. The van der Waals surface area contributed by atoms with E-state index in [0.717, 1.165) is 24.9 Å². The predicted molar refractivity (Wildman–Crippen MR) is 87.7 cm³/mol. The fraction of sp³-hybridized carbons (Fsp3) is 0.562. The Morgan fingerprint density at radius 1 is 1.43 bits per heavy atom. The number of aryl methyl sites for hydroxylation is 1. The molecule has 1 fully saturated rings. The normalized spacial score (nSPS) is 22.4. The van der Waals surface area contributed by atoms with Gasteiger partial charge in [0.05, 0.1) is 0 Å². The second kappa shape index (κ2) is 7.48. The van der Waals surface area contributed by atoms with Gasteiger partial charge in [-0.05, 0) is 42.9 Å². The van der Waals surface area contributed by atoms with E-state index >= 15 is 0 Å². The SMILES string of the molecule is CC1CCN(C(=O)CCc2ccc(Cl)cc2Cl)C(CN)C1. The number of carbonyl (C=O) groups excluding carboxylic acids is 1. The van der Waals surface area contributed by atoms with E-state index in [1.54, 1.807) is 12.1 Å². The highest BCUT2D eigenvalue weighted by Crippen LogP contribution is 2.25. The smallest absolute Gasteiger partial charge is 0.223 e. The Morgan fingerprint density at radius 3 is 2.86 bits per heavy atom. The van der Waals surface area contributed by atoms with Crippen LogP contribution in [0.5, 0.6) is 0 Å². The van der Waals surface area contributed by atoms with Gasteiger partial charge < -0.3 is 10.6 Å². The molecule has 2 N–H and O–H groups in total. The molecular weight excluding hydrogens is 307 g/mol. The molecule has 3 nitrogen and oxygen atoms in total. The Bertz CT molecular complexity index is 507. The first-order chi connectivity index (χ1) is 10.0. The molecule has 0 bridgehead atoms. The molecule has 1 aromatic rings. The number of carbonyl (C=O) groups is 1. The van der Waals surface area contributed by atoms with Crippen molar-refractivity contribution in [2.45, 2.75) is 38.6 Å². The van der Waals surface area contributed by atoms with Crippen molar-refractivity contribution in [3.8, 4) is 0 Å². The Balaban J connectivity index is 1.94. The Kier molecular flexibility index (Phi) is 5.91. The Labute approximate surface area is 136 Å². The van der Waals surface area contributed by atoms with Gasteiger partial charge in [-0.1, -0.05) is 36.2 Å². The van der Waals surface area contributed by atoms with Gasteiger partial charge >= 0.3 is 0 Å². The first kappa shape index (κ1) is 16.6. The maximum absolute atomic E-state index is 12.4. The molecule has 2 atom stereocenters. The molecule has 0 radical (unpaired) electrons. The number of halogens is 2. The highest BCUT2D eigenvalue weighted by atomic mass is 35.5. The third-order valence-corrected chi connectivity index (χ3v) is 4.78. The van der Waals surface area contributed by atoms with Crippen LogP contribution in [-0.4, -0.2) is 29.9 Å². The van der Waals surface area contributed by atoms with Crippen LogP contribution in [0.1, 0.15) is 31.7 Å². The summed E-state index contributed by atoms with van der Waals surface area (Å²) in [4.78, 5) is 14.4. The van der Waals surface area contributed by atoms with Crippen LogP contribution in [0.3, 0.4) is 0 Å². The van der Waals surface area contributed by atoms with Gasteiger partial charge in [-0.25, -0.2) is 0 Å². The number of nitrogens with zero attached hydrogens (tertiary/aromatic N) is 1. The molecule has 1 amide bonds. The average Bonchev–Trinajstić information content (AvgIpc) is 2.45. The summed E-state index contributed by atoms with van der Waals surface area (Å²) < 4.78 is 0. The quantitative estimate of drug-likeness (QED) is 0.919. The van der Waals surface area contributed by atoms with E-state index in [-0.39, 0.29) is 11.9 Å². The van der Waals surface area contributed by atoms with Crippen molar-refractivity contribution < 1.29 is 4.79 Å². The summed E-state index contributed by atoms with van der Waals surface area (Å²) in [5.74, 6) is 0.816. The highest BCUT2D eigenvalue weighted by Gasteiger charge is 2.28. The second-order valence-electron chi connectivity index (χ2n) is 5.84. The van der Waals surface area contributed by atoms with Gasteiger partial charge in [0.1, 0.15) is 0 Å². The average molecular weight is 329 g/mol. The number of hydrogen-bond donors (Lipinski definition) is 1. The zero-order valence-corrected chi connectivity index (χ0v) is 13.8. The molecular formula is C16H22Cl2N2O. The lowest BCUT2D eigenvalue weighted by atomic mass is 9.92. The van der Waals surface area contributed by atoms with Gasteiger partial charge in [-0.3, -0.25) is 4.79 Å². The number of hydrogen-bond acceptors (Lipinski definition) is 2. The van der Waals surface area contributed by atoms with E-state index in [9.17, 15) is 4.79 Å². The fourth-order valence-corrected chi connectivity index (χ4v) is 3.42. The van der Waals surface area contributed by atoms with Crippen molar-refractivity contribution in [3.63, 3.8) is 0 Å². The zero-order valence-electron chi connectivity index (χ0n) is 12.3. The third-order valence-electron chi connectivity index (χ3n) is 4.19. The predicted octanol–water partition coefficient (Wildman–Crippen LogP) is 3.51. The highest BCUT2D eigenvalue weighted by molar-refractivity contribution is 6.35. The standard InChI is InChI=1S/C16H22Cl2N2O/c1-11-6-7-20(14(8-11)10-19)16(21)5-3-12-2-4-13(17)9-15(12)18/h2,4,9,11,14H,3,5-8,10,19H2,1H3. The van der Waals surface area contributed by atoms with Crippen LogP contribution in [0.2, 0.25) is 10.0 Å². The van der Waals surface area contributed by atoms with Crippen LogP contribution in [-0.2, 0) is 11.2 Å². The molecule has 0 aliphatic carbocycles. The molecule has 2 unspecified atom stereocenters. The van der Waals surface area contributed by atoms with Crippen LogP contribution >= 0.6 is 23.2 Å². The summed E-state index contributed by atoms with van der Waals surface area (Å²) in [6, 6.07) is 5.59. The van der Waals surface area contributed by atoms with E-state index in [1.165, 1.54) is 0 Å². The van der Waals surface area contributed by atoms with Crippen LogP contribution in [0.25, 0.3) is 0 Å². The number of likely N-dealkylation sites (tertiary alicyclic amines) is 1. The van der Waals surface area contributed by atoms with E-state index in [1.807, 2.05) is 11.0 Å². The van der Waals surface area contributed by atoms with Crippen LogP contribution in [0.4, 0.5) is 0 Å². The summed E-state index contributed by atoms with van der Waals surface area (Å²) in [6.45, 7) is 3.58. The molecule has 1 saturated heterocycles. The lowest BCUT2D eigenvalue weighted by Gasteiger charge is -2.38. The lowest BCUT2D eigenvalue weighted by molar-refractivity contribution is -0.135. The second-order valence-corrected chi connectivity index (χ2v) is 6.69. The number of piperidine rings is 1. The molecule has 1 aromatic carbocycles. The number of benzene rings is 1. The lowest BCUT2D eigenvalue weighted by Crippen LogP contribution is -2.49. The van der Waals surface area contributed by atoms with E-state index in [4.69, 9.17) is 28.9 Å². The molecule has 116 valence electrons. The topological polar surface area (TPSA) is 46.3 Å². The van der Waals surface area contributed by atoms with Crippen molar-refractivity contribution in [1.82, 2.24) is 4.90 Å². The minimum absolute atomic E-state index is 0.170. The van der Waals surface area contributed by atoms with E-state index < -0.39 is 0 Å². The summed E-state index contributed by atoms with van der Waals surface area (Å²) in [6.07, 6.45) is 3.16. The molecule has 2 rings (SSSR count). The Morgan fingerprint density at radius 2 is 2.19 bits per heavy atom. The molecule has 21 heavy (non-hydrogen) atoms. The van der Waals surface area contributed by atoms with Crippen molar-refractivity contribution in [2.75, 3.05) is 13.1 Å². The summed E-state index contributed by atoms with van der Waals surface area (Å²) >= 11 is 12.0. The van der Waals surface area contributed by atoms with Crippen molar-refractivity contribution in [3.05, 3.63) is 33.8 Å². The molecule has 5 heteroatoms. The fourth-order valence-electron chi connectivity index (χ4n) is 2.91. The first-order valence-corrected chi connectivity index (χ1v) is 8.20. The van der Waals surface area contributed by atoms with Crippen LogP contribution in [0.15, 0.2) is 18.2 Å². The largest absolute Gasteiger partial charge is 0.338 e. The van der Waals surface area contributed by atoms with E-state index in [0.29, 0.717) is 35.3 Å². The molecule has 0 spiro atoms. The van der Waals surface area contributed by atoms with Crippen molar-refractivity contribution in [2.24, 2.45) is 11.7 Å². The van der Waals surface area contributed by atoms with Crippen LogP contribution in [0, 0.1) is 5.92 Å². The summed E-state index contributed by atoms with van der Waals surface area (Å²) in [7, 11) is 0. The third kappa shape index (κ3) is 4.35. The van der Waals surface area contributed by atoms with Crippen molar-refractivity contribution >= 4 is 29.1 Å². The van der Waals surface area contributed by atoms with Gasteiger partial charge in [0.25, 0.3) is 0 Å². The molecule has 1 aliphatic heterocycles. The number of rotatable bonds is 4. The minimum atomic E-state index is 0.170. The number of amides is 1. The van der Waals surface area contributed by atoms with Gasteiger partial charge in [0, 0.05) is 35.6 Å². The van der Waals surface area contributed by atoms with Crippen molar-refractivity contribution in [1.29, 1.82) is 0 Å². The van der Waals surface area contributed by atoms with Gasteiger partial charge in [0.15, 0.2) is 0 Å². The Hall–Kier alpha value is -0.770. The molecule has 0 aromatic heterocycles. The molecule has 1 aliphatic rings. The summed E-state index contributed by atoms with van der Waals surface area (Å²) in [5.41, 5.74) is 6.77. The maximum Gasteiger partial charge on any atom is 0.223 e. The van der Waals surface area contributed by atoms with Gasteiger partial charge in [0.2, 0.25) is 5.91 Å². The molecule has 0 saturated carbocycles. The van der Waals surface area contributed by atoms with E-state index in [2.05, 4.69) is 6.92 Å². The minimum Gasteiger partial charge on any atom is -0.338 e. The van der Waals surface area contributed by atoms with Gasteiger partial charge in [-0.15, -0.1) is 0 Å². The van der Waals surface area contributed by atoms with Gasteiger partial charge in [-0.2, -0.15) is 0 Å². The van der Waals surface area contributed by atoms with Crippen LogP contribution < -0.4 is 5.73 Å². The first-order valence-electron chi connectivity index (χ1n) is 7.44. The monoisotopic (exact) mass is 328 g/mol.